The predicted molar refractivity (Wildman–Crippen MR) is 114 cm³/mol. The number of alkyl carbamates (subject to hydrolysis) is 1. The number of hydrogen-bond acceptors (Lipinski definition) is 4. The molecule has 1 saturated heterocycles. The number of carbonyl (C=O) groups excluding carboxylic acids is 3. The highest BCUT2D eigenvalue weighted by Crippen LogP contribution is 2.41. The van der Waals surface area contributed by atoms with Gasteiger partial charge in [-0.05, 0) is 64.2 Å². The van der Waals surface area contributed by atoms with Gasteiger partial charge in [-0.2, -0.15) is 0 Å². The normalized spacial score (nSPS) is 24.9. The Balaban J connectivity index is 1.74. The maximum Gasteiger partial charge on any atom is 0.407 e. The lowest BCUT2D eigenvalue weighted by atomic mass is 9.67. The number of piperazine rings is 1. The number of amides is 3. The van der Waals surface area contributed by atoms with Gasteiger partial charge < -0.3 is 20.3 Å². The van der Waals surface area contributed by atoms with Gasteiger partial charge in [-0.15, -0.1) is 0 Å². The molecule has 0 aromatic heterocycles. The zero-order chi connectivity index (χ0) is 21.9. The zero-order valence-electron chi connectivity index (χ0n) is 17.8. The Hall–Kier alpha value is -2.28. The fourth-order valence-corrected chi connectivity index (χ4v) is 4.54. The monoisotopic (exact) mass is 435 g/mol. The molecule has 3 amide bonds. The average molecular weight is 436 g/mol. The van der Waals surface area contributed by atoms with E-state index >= 15 is 0 Å². The highest BCUT2D eigenvalue weighted by molar-refractivity contribution is 6.35. The van der Waals surface area contributed by atoms with Gasteiger partial charge in [0.15, 0.2) is 0 Å². The number of nitrogens with one attached hydrogen (secondary N) is 2. The molecule has 3 rings (SSSR count). The maximum atomic E-state index is 12.3. The minimum Gasteiger partial charge on any atom is -0.444 e. The van der Waals surface area contributed by atoms with Crippen molar-refractivity contribution in [1.82, 2.24) is 15.5 Å². The van der Waals surface area contributed by atoms with Gasteiger partial charge in [0, 0.05) is 36.1 Å². The highest BCUT2D eigenvalue weighted by atomic mass is 35.5. The van der Waals surface area contributed by atoms with Crippen LogP contribution in [0.25, 0.3) is 0 Å². The molecule has 1 saturated carbocycles. The Labute approximate surface area is 182 Å². The number of rotatable bonds is 4. The quantitative estimate of drug-likeness (QED) is 0.711. The van der Waals surface area contributed by atoms with Crippen molar-refractivity contribution in [2.24, 2.45) is 0 Å². The third-order valence-electron chi connectivity index (χ3n) is 5.85. The van der Waals surface area contributed by atoms with E-state index in [0.29, 0.717) is 24.7 Å². The van der Waals surface area contributed by atoms with Crippen molar-refractivity contribution >= 4 is 29.5 Å². The van der Waals surface area contributed by atoms with Crippen LogP contribution in [0.15, 0.2) is 24.3 Å². The summed E-state index contributed by atoms with van der Waals surface area (Å²) in [6, 6.07) is 7.74. The molecule has 0 atom stereocenters. The van der Waals surface area contributed by atoms with Crippen molar-refractivity contribution < 1.29 is 19.1 Å². The van der Waals surface area contributed by atoms with Crippen LogP contribution in [-0.4, -0.2) is 54.1 Å². The number of benzene rings is 1. The van der Waals surface area contributed by atoms with Crippen molar-refractivity contribution in [2.45, 2.75) is 63.5 Å². The Kier molecular flexibility index (Phi) is 6.60. The van der Waals surface area contributed by atoms with Crippen LogP contribution in [0.4, 0.5) is 4.79 Å². The van der Waals surface area contributed by atoms with Gasteiger partial charge in [0.25, 0.3) is 0 Å². The lowest BCUT2D eigenvalue weighted by Gasteiger charge is -2.44. The number of halogens is 1. The molecule has 30 heavy (non-hydrogen) atoms. The number of nitrogens with zero attached hydrogens (tertiary/aromatic N) is 1. The smallest absolute Gasteiger partial charge is 0.407 e. The number of ether oxygens (including phenoxy) is 1. The van der Waals surface area contributed by atoms with E-state index in [0.717, 1.165) is 31.2 Å². The van der Waals surface area contributed by atoms with Crippen LogP contribution in [-0.2, 0) is 19.7 Å². The van der Waals surface area contributed by atoms with E-state index in [9.17, 15) is 14.4 Å². The molecule has 1 aromatic rings. The average Bonchev–Trinajstić information content (AvgIpc) is 2.68. The first-order chi connectivity index (χ1) is 14.1. The van der Waals surface area contributed by atoms with Crippen LogP contribution in [0.5, 0.6) is 0 Å². The van der Waals surface area contributed by atoms with E-state index in [2.05, 4.69) is 10.6 Å². The fraction of sp³-hybridized carbons (Fsp3) is 0.591. The van der Waals surface area contributed by atoms with Gasteiger partial charge in [0.2, 0.25) is 0 Å². The molecule has 1 aliphatic carbocycles. The topological polar surface area (TPSA) is 87.7 Å². The summed E-state index contributed by atoms with van der Waals surface area (Å²) in [4.78, 5) is 38.0. The zero-order valence-corrected chi connectivity index (χ0v) is 18.6. The molecule has 0 spiro atoms. The van der Waals surface area contributed by atoms with Crippen LogP contribution in [0.1, 0.15) is 52.0 Å². The molecule has 2 fully saturated rings. The highest BCUT2D eigenvalue weighted by Gasteiger charge is 2.41. The third kappa shape index (κ3) is 5.25. The summed E-state index contributed by atoms with van der Waals surface area (Å²) in [5, 5.41) is 6.17. The van der Waals surface area contributed by atoms with E-state index in [1.54, 1.807) is 4.90 Å². The van der Waals surface area contributed by atoms with E-state index in [1.807, 2.05) is 45.0 Å². The first-order valence-electron chi connectivity index (χ1n) is 10.4. The molecular formula is C22H30ClN3O4. The van der Waals surface area contributed by atoms with E-state index in [-0.39, 0.29) is 11.5 Å². The van der Waals surface area contributed by atoms with Crippen molar-refractivity contribution in [3.63, 3.8) is 0 Å². The van der Waals surface area contributed by atoms with E-state index < -0.39 is 23.5 Å². The summed E-state index contributed by atoms with van der Waals surface area (Å²) in [7, 11) is 0. The number of carbonyl (C=O) groups is 3. The number of hydrogen-bond donors (Lipinski definition) is 2. The van der Waals surface area contributed by atoms with E-state index in [4.69, 9.17) is 16.3 Å². The summed E-state index contributed by atoms with van der Waals surface area (Å²) < 4.78 is 5.40. The van der Waals surface area contributed by atoms with E-state index in [1.165, 1.54) is 0 Å². The summed E-state index contributed by atoms with van der Waals surface area (Å²) in [5.41, 5.74) is 0.187. The first kappa shape index (κ1) is 22.4. The van der Waals surface area contributed by atoms with Gasteiger partial charge in [-0.1, -0.05) is 23.7 Å². The molecule has 164 valence electrons. The van der Waals surface area contributed by atoms with Gasteiger partial charge in [-0.25, -0.2) is 4.79 Å². The molecule has 1 aliphatic heterocycles. The molecule has 2 N–H and O–H groups in total. The summed E-state index contributed by atoms with van der Waals surface area (Å²) >= 11 is 6.25. The molecule has 2 aliphatic rings. The van der Waals surface area contributed by atoms with Crippen molar-refractivity contribution in [3.8, 4) is 0 Å². The SMILES string of the molecule is CC(C)(C)OC(=O)NC[C@]1(c2cccc(Cl)c2)CC[C@H](N2CCNC(=O)C2=O)CC1. The molecular weight excluding hydrogens is 406 g/mol. The second-order valence-corrected chi connectivity index (χ2v) is 9.57. The Bertz CT molecular complexity index is 813. The second-order valence-electron chi connectivity index (χ2n) is 9.13. The lowest BCUT2D eigenvalue weighted by molar-refractivity contribution is -0.150. The molecule has 8 heteroatoms. The van der Waals surface area contributed by atoms with Gasteiger partial charge >= 0.3 is 17.9 Å². The van der Waals surface area contributed by atoms with Gasteiger partial charge in [0.1, 0.15) is 5.60 Å². The fourth-order valence-electron chi connectivity index (χ4n) is 4.35. The lowest BCUT2D eigenvalue weighted by Crippen LogP contribution is -2.57. The minimum absolute atomic E-state index is 0.0254. The van der Waals surface area contributed by atoms with Crippen LogP contribution in [0.3, 0.4) is 0 Å². The van der Waals surface area contributed by atoms with Gasteiger partial charge in [0.05, 0.1) is 0 Å². The standard InChI is InChI=1S/C22H30ClN3O4/c1-21(2,3)30-20(29)25-14-22(15-5-4-6-16(23)13-15)9-7-17(8-10-22)26-12-11-24-18(27)19(26)28/h4-6,13,17H,7-12,14H2,1-3H3,(H,24,27)(H,25,29)/t17-,22-. The van der Waals surface area contributed by atoms with Crippen LogP contribution in [0, 0.1) is 0 Å². The third-order valence-corrected chi connectivity index (χ3v) is 6.09. The minimum atomic E-state index is -0.569. The Morgan fingerprint density at radius 2 is 2.00 bits per heavy atom. The van der Waals surface area contributed by atoms with Crippen molar-refractivity contribution in [3.05, 3.63) is 34.9 Å². The summed E-state index contributed by atoms with van der Waals surface area (Å²) in [6.07, 6.45) is 2.58. The maximum absolute atomic E-state index is 12.3. The second kappa shape index (κ2) is 8.84. The molecule has 1 aromatic carbocycles. The molecule has 7 nitrogen and oxygen atoms in total. The summed E-state index contributed by atoms with van der Waals surface area (Å²) in [6.45, 7) is 6.93. The van der Waals surface area contributed by atoms with Crippen molar-refractivity contribution in [2.75, 3.05) is 19.6 Å². The molecule has 0 bridgehead atoms. The van der Waals surface area contributed by atoms with Gasteiger partial charge in [-0.3, -0.25) is 9.59 Å². The van der Waals surface area contributed by atoms with Crippen LogP contribution < -0.4 is 10.6 Å². The molecule has 0 radical (unpaired) electrons. The molecule has 0 unspecified atom stereocenters. The van der Waals surface area contributed by atoms with Crippen LogP contribution >= 0.6 is 11.6 Å². The Morgan fingerprint density at radius 3 is 2.63 bits per heavy atom. The van der Waals surface area contributed by atoms with Crippen molar-refractivity contribution in [1.29, 1.82) is 0 Å². The predicted octanol–water partition coefficient (Wildman–Crippen LogP) is 3.00. The molecule has 1 heterocycles. The Morgan fingerprint density at radius 1 is 1.30 bits per heavy atom. The first-order valence-corrected chi connectivity index (χ1v) is 10.8. The largest absolute Gasteiger partial charge is 0.444 e. The summed E-state index contributed by atoms with van der Waals surface area (Å²) in [5.74, 6) is -0.979. The van der Waals surface area contributed by atoms with Crippen LogP contribution in [0.2, 0.25) is 5.02 Å².